The van der Waals surface area contributed by atoms with Gasteiger partial charge >= 0.3 is 0 Å². The van der Waals surface area contributed by atoms with E-state index in [9.17, 15) is 4.39 Å². The maximum atomic E-state index is 15.1. The van der Waals surface area contributed by atoms with E-state index < -0.39 is 11.6 Å². The van der Waals surface area contributed by atoms with Crippen molar-refractivity contribution < 1.29 is 13.2 Å². The zero-order valence-corrected chi connectivity index (χ0v) is 21.5. The van der Waals surface area contributed by atoms with Gasteiger partial charge in [-0.05, 0) is 98.3 Å². The van der Waals surface area contributed by atoms with E-state index in [2.05, 4.69) is 13.8 Å². The van der Waals surface area contributed by atoms with Gasteiger partial charge in [0.15, 0.2) is 11.6 Å². The van der Waals surface area contributed by atoms with Crippen LogP contribution in [-0.2, 0) is 6.42 Å². The molecule has 35 heavy (non-hydrogen) atoms. The van der Waals surface area contributed by atoms with E-state index in [0.717, 1.165) is 82.1 Å². The number of aryl methyl sites for hydroxylation is 1. The normalized spacial score (nSPS) is 24.9. The summed E-state index contributed by atoms with van der Waals surface area (Å²) >= 11 is 0. The Balaban J connectivity index is 1.36. The Hall–Kier alpha value is -2.03. The summed E-state index contributed by atoms with van der Waals surface area (Å²) in [6.45, 7) is 4.36. The summed E-state index contributed by atoms with van der Waals surface area (Å²) in [7, 11) is 0. The number of benzene rings is 2. The van der Waals surface area contributed by atoms with Gasteiger partial charge in [0, 0.05) is 11.5 Å². The molecular formula is C32H41F3. The molecule has 0 spiro atoms. The van der Waals surface area contributed by atoms with E-state index in [1.54, 1.807) is 12.1 Å². The Morgan fingerprint density at radius 1 is 0.771 bits per heavy atom. The molecule has 0 nitrogen and oxygen atoms in total. The molecule has 0 heterocycles. The molecule has 0 aliphatic heterocycles. The molecule has 2 unspecified atom stereocenters. The maximum absolute atomic E-state index is 15.1. The molecule has 0 bridgehead atoms. The second kappa shape index (κ2) is 12.3. The van der Waals surface area contributed by atoms with E-state index in [1.807, 2.05) is 30.3 Å². The third-order valence-corrected chi connectivity index (χ3v) is 8.62. The number of hydrogen-bond acceptors (Lipinski definition) is 0. The average molecular weight is 483 g/mol. The van der Waals surface area contributed by atoms with Crippen LogP contribution in [0.2, 0.25) is 0 Å². The number of allylic oxidation sites excluding steroid dienone is 2. The van der Waals surface area contributed by atoms with E-state index in [4.69, 9.17) is 0 Å². The zero-order chi connectivity index (χ0) is 24.8. The maximum Gasteiger partial charge on any atom is 0.166 e. The van der Waals surface area contributed by atoms with Crippen LogP contribution in [0.5, 0.6) is 0 Å². The number of unbranched alkanes of at least 4 members (excludes halogenated alkanes) is 1. The van der Waals surface area contributed by atoms with Crippen LogP contribution in [-0.4, -0.2) is 0 Å². The molecule has 2 aromatic rings. The Morgan fingerprint density at radius 3 is 2.17 bits per heavy atom. The topological polar surface area (TPSA) is 0 Å². The van der Waals surface area contributed by atoms with Crippen molar-refractivity contribution in [1.29, 1.82) is 0 Å². The molecule has 3 heteroatoms. The van der Waals surface area contributed by atoms with E-state index in [0.29, 0.717) is 22.6 Å². The van der Waals surface area contributed by atoms with Crippen LogP contribution >= 0.6 is 0 Å². The van der Waals surface area contributed by atoms with Crippen LogP contribution in [0, 0.1) is 29.4 Å². The summed E-state index contributed by atoms with van der Waals surface area (Å²) < 4.78 is 44.5. The fraction of sp³-hybridized carbons (Fsp3) is 0.562. The minimum atomic E-state index is -0.728. The fourth-order valence-electron chi connectivity index (χ4n) is 6.15. The summed E-state index contributed by atoms with van der Waals surface area (Å²) in [5.74, 6) is -0.0395. The minimum Gasteiger partial charge on any atom is -0.212 e. The largest absolute Gasteiger partial charge is 0.212 e. The number of hydrogen-bond donors (Lipinski definition) is 0. The van der Waals surface area contributed by atoms with Crippen LogP contribution < -0.4 is 0 Å². The van der Waals surface area contributed by atoms with Crippen molar-refractivity contribution >= 4 is 0 Å². The molecule has 2 aromatic carbocycles. The third-order valence-electron chi connectivity index (χ3n) is 8.62. The lowest BCUT2D eigenvalue weighted by Gasteiger charge is -2.28. The van der Waals surface area contributed by atoms with Crippen LogP contribution in [0.4, 0.5) is 13.2 Å². The summed E-state index contributed by atoms with van der Waals surface area (Å²) in [4.78, 5) is 0. The van der Waals surface area contributed by atoms with Gasteiger partial charge in [-0.1, -0.05) is 69.5 Å². The monoisotopic (exact) mass is 482 g/mol. The second-order valence-corrected chi connectivity index (χ2v) is 10.9. The van der Waals surface area contributed by atoms with Gasteiger partial charge in [0.25, 0.3) is 0 Å². The molecule has 1 saturated carbocycles. The minimum absolute atomic E-state index is 0.0874. The first-order chi connectivity index (χ1) is 17.0. The molecule has 190 valence electrons. The first kappa shape index (κ1) is 26.0. The van der Waals surface area contributed by atoms with Gasteiger partial charge in [-0.3, -0.25) is 0 Å². The lowest BCUT2D eigenvalue weighted by Crippen LogP contribution is -2.14. The molecule has 4 rings (SSSR count). The van der Waals surface area contributed by atoms with Crippen molar-refractivity contribution in [2.45, 2.75) is 96.8 Å². The highest BCUT2D eigenvalue weighted by molar-refractivity contribution is 5.65. The number of halogens is 3. The lowest BCUT2D eigenvalue weighted by atomic mass is 9.77. The first-order valence-electron chi connectivity index (χ1n) is 13.9. The average Bonchev–Trinajstić information content (AvgIpc) is 2.89. The van der Waals surface area contributed by atoms with E-state index in [1.165, 1.54) is 6.42 Å². The molecule has 0 aromatic heterocycles. The van der Waals surface area contributed by atoms with Gasteiger partial charge < -0.3 is 0 Å². The second-order valence-electron chi connectivity index (χ2n) is 10.9. The molecule has 0 amide bonds. The summed E-state index contributed by atoms with van der Waals surface area (Å²) in [5.41, 5.74) is 2.73. The Morgan fingerprint density at radius 2 is 1.51 bits per heavy atom. The van der Waals surface area contributed by atoms with Gasteiger partial charge in [-0.2, -0.15) is 0 Å². The van der Waals surface area contributed by atoms with E-state index in [-0.39, 0.29) is 17.7 Å². The third kappa shape index (κ3) is 6.40. The fourth-order valence-corrected chi connectivity index (χ4v) is 6.15. The quantitative estimate of drug-likeness (QED) is 0.333. The summed E-state index contributed by atoms with van der Waals surface area (Å²) in [5, 5.41) is 0. The van der Waals surface area contributed by atoms with Crippen LogP contribution in [0.1, 0.15) is 102 Å². The van der Waals surface area contributed by atoms with Gasteiger partial charge in [0.05, 0.1) is 5.83 Å². The lowest BCUT2D eigenvalue weighted by molar-refractivity contribution is 0.312. The molecule has 1 fully saturated rings. The standard InChI is InChI=1S/C32H41F3/c1-3-5-6-27-18-13-24(21-30(27)33)8-7-23-11-16-26(17-12-23)29-20-19-28(31(34)32(29)35)25-14-9-22(4-2)10-15-25/h11-12,16-17,19-22,24-25,27H,3-10,13-15,18H2,1-2H3. The predicted molar refractivity (Wildman–Crippen MR) is 140 cm³/mol. The molecule has 2 aliphatic carbocycles. The van der Waals surface area contributed by atoms with Crippen molar-refractivity contribution in [2.24, 2.45) is 17.8 Å². The van der Waals surface area contributed by atoms with Gasteiger partial charge in [0.1, 0.15) is 0 Å². The van der Waals surface area contributed by atoms with Gasteiger partial charge in [-0.25, -0.2) is 13.2 Å². The van der Waals surface area contributed by atoms with Gasteiger partial charge in [-0.15, -0.1) is 0 Å². The highest BCUT2D eigenvalue weighted by Gasteiger charge is 2.26. The molecule has 0 saturated heterocycles. The van der Waals surface area contributed by atoms with Crippen LogP contribution in [0.3, 0.4) is 0 Å². The highest BCUT2D eigenvalue weighted by Crippen LogP contribution is 2.40. The Labute approximate surface area is 210 Å². The SMILES string of the molecule is CCCCC1CCC(CCc2ccc(-c3ccc(C4CCC(CC)CC4)c(F)c3F)cc2)C=C1F. The molecule has 0 N–H and O–H groups in total. The Bertz CT molecular complexity index is 983. The molecular weight excluding hydrogens is 441 g/mol. The first-order valence-corrected chi connectivity index (χ1v) is 13.9. The Kier molecular flexibility index (Phi) is 9.14. The smallest absolute Gasteiger partial charge is 0.166 e. The zero-order valence-electron chi connectivity index (χ0n) is 21.5. The highest BCUT2D eigenvalue weighted by atomic mass is 19.2. The summed E-state index contributed by atoms with van der Waals surface area (Å²) in [6.07, 6.45) is 14.1. The van der Waals surface area contributed by atoms with Crippen molar-refractivity contribution in [2.75, 3.05) is 0 Å². The van der Waals surface area contributed by atoms with Crippen LogP contribution in [0.15, 0.2) is 48.3 Å². The van der Waals surface area contributed by atoms with Crippen molar-refractivity contribution in [3.8, 4) is 11.1 Å². The van der Waals surface area contributed by atoms with Crippen molar-refractivity contribution in [1.82, 2.24) is 0 Å². The summed E-state index contributed by atoms with van der Waals surface area (Å²) in [6, 6.07) is 11.3. The predicted octanol–water partition coefficient (Wildman–Crippen LogP) is 10.3. The molecule has 0 radical (unpaired) electrons. The van der Waals surface area contributed by atoms with Crippen molar-refractivity contribution in [3.05, 3.63) is 71.1 Å². The molecule has 2 aliphatic rings. The van der Waals surface area contributed by atoms with Gasteiger partial charge in [0.2, 0.25) is 0 Å². The van der Waals surface area contributed by atoms with Crippen molar-refractivity contribution in [3.63, 3.8) is 0 Å². The number of rotatable bonds is 9. The van der Waals surface area contributed by atoms with Crippen LogP contribution in [0.25, 0.3) is 11.1 Å². The molecule has 2 atom stereocenters. The van der Waals surface area contributed by atoms with E-state index >= 15 is 8.78 Å².